The van der Waals surface area contributed by atoms with E-state index in [4.69, 9.17) is 16.3 Å². The van der Waals surface area contributed by atoms with Gasteiger partial charge in [-0.05, 0) is 44.6 Å². The molecule has 198 valence electrons. The Balaban J connectivity index is 1.50. The summed E-state index contributed by atoms with van der Waals surface area (Å²) in [6.07, 6.45) is 1.63. The predicted molar refractivity (Wildman–Crippen MR) is 140 cm³/mol. The Morgan fingerprint density at radius 2 is 2.05 bits per heavy atom. The van der Waals surface area contributed by atoms with Crippen LogP contribution in [0, 0.1) is 11.6 Å². The number of benzene rings is 2. The molecule has 0 spiro atoms. The number of likely N-dealkylation sites (N-methyl/N-ethyl adjacent to an activating group) is 1. The number of ether oxygens (including phenoxy) is 1. The molecule has 1 amide bonds. The van der Waals surface area contributed by atoms with Crippen molar-refractivity contribution in [3.63, 3.8) is 0 Å². The number of likely N-dealkylation sites (tertiary alicyclic amines) is 1. The van der Waals surface area contributed by atoms with Crippen molar-refractivity contribution >= 4 is 39.8 Å². The number of fused-ring (bicyclic) bond motifs is 4. The number of halogens is 3. The normalized spacial score (nSPS) is 24.9. The summed E-state index contributed by atoms with van der Waals surface area (Å²) in [5.74, 6) is -1.95. The van der Waals surface area contributed by atoms with Gasteiger partial charge in [-0.2, -0.15) is 0 Å². The topological polar surface area (TPSA) is 81.2 Å². The molecule has 0 unspecified atom stereocenters. The molecule has 4 aliphatic heterocycles. The van der Waals surface area contributed by atoms with Crippen LogP contribution in [0.2, 0.25) is 5.02 Å². The van der Waals surface area contributed by atoms with Gasteiger partial charge in [0.1, 0.15) is 34.9 Å². The van der Waals surface area contributed by atoms with Gasteiger partial charge in [0.05, 0.1) is 22.8 Å². The van der Waals surface area contributed by atoms with Gasteiger partial charge in [0.15, 0.2) is 5.82 Å². The van der Waals surface area contributed by atoms with E-state index in [1.807, 2.05) is 11.9 Å². The van der Waals surface area contributed by atoms with Gasteiger partial charge in [-0.15, -0.1) is 0 Å². The number of nitrogens with one attached hydrogen (secondary N) is 1. The maximum absolute atomic E-state index is 16.3. The zero-order valence-electron chi connectivity index (χ0n) is 20.7. The number of carbonyl (C=O) groups excluding carboxylic acids is 1. The fourth-order valence-electron chi connectivity index (χ4n) is 6.52. The summed E-state index contributed by atoms with van der Waals surface area (Å²) in [4.78, 5) is 24.3. The Bertz CT molecular complexity index is 1480. The van der Waals surface area contributed by atoms with Crippen LogP contribution >= 0.6 is 11.6 Å². The van der Waals surface area contributed by atoms with Crippen molar-refractivity contribution < 1.29 is 23.4 Å². The minimum absolute atomic E-state index is 0.0412. The van der Waals surface area contributed by atoms with Crippen LogP contribution in [-0.4, -0.2) is 78.9 Å². The van der Waals surface area contributed by atoms with Crippen molar-refractivity contribution in [3.8, 4) is 22.8 Å². The molecular formula is C27H26ClF2N5O3. The highest BCUT2D eigenvalue weighted by Gasteiger charge is 2.48. The van der Waals surface area contributed by atoms with Gasteiger partial charge >= 0.3 is 0 Å². The molecule has 2 N–H and O–H groups in total. The maximum atomic E-state index is 16.3. The molecule has 2 aromatic carbocycles. The lowest BCUT2D eigenvalue weighted by Gasteiger charge is -2.49. The number of aromatic nitrogens is 1. The third-order valence-corrected chi connectivity index (χ3v) is 8.61. The van der Waals surface area contributed by atoms with Crippen molar-refractivity contribution in [2.75, 3.05) is 49.6 Å². The Morgan fingerprint density at radius 1 is 1.21 bits per heavy atom. The lowest BCUT2D eigenvalue weighted by molar-refractivity contribution is -0.121. The van der Waals surface area contributed by atoms with Gasteiger partial charge in [-0.1, -0.05) is 17.7 Å². The molecule has 3 aromatic rings. The summed E-state index contributed by atoms with van der Waals surface area (Å²) in [5, 5.41) is 14.0. The quantitative estimate of drug-likeness (QED) is 0.514. The smallest absolute Gasteiger partial charge is 0.251 e. The Labute approximate surface area is 222 Å². The third kappa shape index (κ3) is 3.33. The second-order valence-corrected chi connectivity index (χ2v) is 10.8. The molecule has 0 saturated carbocycles. The standard InChI is InChI=1S/C27H26ClF2N5O3/c1-33-8-3-5-16(33)19-12-35-25-24(34-9-7-31-11-17(34)27(35)37)13-10-14(28)20(21-15(29)4-2-6-18(21)36)22(30)23(13)32-26(25)38-19/h2,4,6,10,16-17,19,31,36H,3,5,7-9,11-12H2,1H3/t16-,17+,19+/m0/s1. The molecule has 8 nitrogen and oxygen atoms in total. The first-order valence-electron chi connectivity index (χ1n) is 12.8. The number of amides is 1. The molecule has 38 heavy (non-hydrogen) atoms. The molecule has 0 aliphatic carbocycles. The van der Waals surface area contributed by atoms with E-state index in [9.17, 15) is 14.3 Å². The molecule has 2 saturated heterocycles. The van der Waals surface area contributed by atoms with Crippen molar-refractivity contribution in [2.45, 2.75) is 31.0 Å². The molecule has 1 aromatic heterocycles. The van der Waals surface area contributed by atoms with E-state index in [-0.39, 0.29) is 45.6 Å². The van der Waals surface area contributed by atoms with Crippen LogP contribution in [0.25, 0.3) is 22.0 Å². The van der Waals surface area contributed by atoms with E-state index in [1.54, 1.807) is 11.0 Å². The zero-order chi connectivity index (χ0) is 26.3. The van der Waals surface area contributed by atoms with Gasteiger partial charge in [-0.3, -0.25) is 9.69 Å². The van der Waals surface area contributed by atoms with E-state index in [0.29, 0.717) is 42.9 Å². The molecule has 7 rings (SSSR count). The first-order chi connectivity index (χ1) is 18.3. The van der Waals surface area contributed by atoms with E-state index in [2.05, 4.69) is 15.2 Å². The number of pyridine rings is 1. The monoisotopic (exact) mass is 541 g/mol. The first-order valence-corrected chi connectivity index (χ1v) is 13.2. The largest absolute Gasteiger partial charge is 0.507 e. The third-order valence-electron chi connectivity index (χ3n) is 8.31. The van der Waals surface area contributed by atoms with E-state index in [1.165, 1.54) is 12.1 Å². The fraction of sp³-hybridized carbons (Fsp3) is 0.407. The summed E-state index contributed by atoms with van der Waals surface area (Å²) in [6, 6.07) is 4.94. The van der Waals surface area contributed by atoms with Gasteiger partial charge in [0.25, 0.3) is 5.91 Å². The molecular weight excluding hydrogens is 516 g/mol. The molecule has 0 radical (unpaired) electrons. The van der Waals surface area contributed by atoms with Gasteiger partial charge in [-0.25, -0.2) is 13.8 Å². The first kappa shape index (κ1) is 23.9. The molecule has 2 fully saturated rings. The predicted octanol–water partition coefficient (Wildman–Crippen LogP) is 3.52. The van der Waals surface area contributed by atoms with E-state index in [0.717, 1.165) is 25.5 Å². The number of hydrogen-bond donors (Lipinski definition) is 2. The average Bonchev–Trinajstić information content (AvgIpc) is 3.34. The number of phenols is 1. The van der Waals surface area contributed by atoms with Crippen molar-refractivity contribution in [1.29, 1.82) is 0 Å². The minimum atomic E-state index is -0.856. The van der Waals surface area contributed by atoms with Crippen LogP contribution < -0.4 is 19.9 Å². The van der Waals surface area contributed by atoms with Crippen LogP contribution in [-0.2, 0) is 4.79 Å². The van der Waals surface area contributed by atoms with E-state index >= 15 is 4.39 Å². The highest BCUT2D eigenvalue weighted by Crippen LogP contribution is 2.52. The van der Waals surface area contributed by atoms with Gasteiger partial charge < -0.3 is 25.0 Å². The highest BCUT2D eigenvalue weighted by atomic mass is 35.5. The number of hydrogen-bond acceptors (Lipinski definition) is 7. The van der Waals surface area contributed by atoms with Gasteiger partial charge in [0, 0.05) is 36.6 Å². The Morgan fingerprint density at radius 3 is 2.82 bits per heavy atom. The summed E-state index contributed by atoms with van der Waals surface area (Å²) in [6.45, 7) is 2.95. The molecule has 3 atom stereocenters. The lowest BCUT2D eigenvalue weighted by Crippen LogP contribution is -2.64. The molecule has 11 heteroatoms. The Hall–Kier alpha value is -3.21. The van der Waals surface area contributed by atoms with Gasteiger partial charge in [0.2, 0.25) is 5.88 Å². The summed E-state index contributed by atoms with van der Waals surface area (Å²) in [5.41, 5.74) is 0.521. The second kappa shape index (κ2) is 8.65. The number of nitrogens with zero attached hydrogens (tertiary/aromatic N) is 4. The maximum Gasteiger partial charge on any atom is 0.251 e. The Kier molecular flexibility index (Phi) is 5.44. The van der Waals surface area contributed by atoms with Crippen LogP contribution in [0.1, 0.15) is 12.8 Å². The summed E-state index contributed by atoms with van der Waals surface area (Å²) < 4.78 is 37.6. The van der Waals surface area contributed by atoms with Crippen molar-refractivity contribution in [3.05, 3.63) is 40.9 Å². The fourth-order valence-corrected chi connectivity index (χ4v) is 6.80. The summed E-state index contributed by atoms with van der Waals surface area (Å²) >= 11 is 6.59. The number of phenolic OH excluding ortho intramolecular Hbond substituents is 1. The molecule has 5 heterocycles. The van der Waals surface area contributed by atoms with Crippen LogP contribution in [0.15, 0.2) is 24.3 Å². The van der Waals surface area contributed by atoms with Crippen molar-refractivity contribution in [2.24, 2.45) is 0 Å². The number of carbonyl (C=O) groups is 1. The highest BCUT2D eigenvalue weighted by molar-refractivity contribution is 6.35. The SMILES string of the molecule is CN1CCC[C@H]1[C@H]1CN2C(=O)[C@H]3CNCCN3c3c2c(nc2c(F)c(-c4c(O)cccc4F)c(Cl)cc32)O1. The molecule has 0 bridgehead atoms. The van der Waals surface area contributed by atoms with E-state index < -0.39 is 23.4 Å². The molecule has 4 aliphatic rings. The van der Waals surface area contributed by atoms with Crippen molar-refractivity contribution in [1.82, 2.24) is 15.2 Å². The zero-order valence-corrected chi connectivity index (χ0v) is 21.4. The second-order valence-electron chi connectivity index (χ2n) is 10.4. The number of anilines is 2. The number of piperazine rings is 1. The van der Waals surface area contributed by atoms with Crippen LogP contribution in [0.5, 0.6) is 11.6 Å². The lowest BCUT2D eigenvalue weighted by atomic mass is 9.95. The number of aromatic hydroxyl groups is 1. The van der Waals surface area contributed by atoms with Crippen LogP contribution in [0.3, 0.4) is 0 Å². The average molecular weight is 542 g/mol. The summed E-state index contributed by atoms with van der Waals surface area (Å²) in [7, 11) is 2.04. The van der Waals surface area contributed by atoms with Crippen LogP contribution in [0.4, 0.5) is 20.2 Å². The number of rotatable bonds is 2. The minimum Gasteiger partial charge on any atom is -0.507 e.